The fraction of sp³-hybridized carbons (Fsp3) is 0.290. The zero-order valence-corrected chi connectivity index (χ0v) is 24.6. The van der Waals surface area contributed by atoms with Gasteiger partial charge in [-0.3, -0.25) is 9.59 Å². The fourth-order valence-corrected chi connectivity index (χ4v) is 5.47. The second-order valence-corrected chi connectivity index (χ2v) is 10.9. The number of rotatable bonds is 8. The van der Waals surface area contributed by atoms with Crippen molar-refractivity contribution in [2.24, 2.45) is 5.73 Å². The van der Waals surface area contributed by atoms with Gasteiger partial charge in [-0.15, -0.1) is 11.6 Å². The second kappa shape index (κ2) is 11.6. The monoisotopic (exact) mass is 630 g/mol. The topological polar surface area (TPSA) is 116 Å². The minimum atomic E-state index is -4.88. The molecule has 0 aliphatic carbocycles. The third kappa shape index (κ3) is 5.49. The Hall–Kier alpha value is -4.45. The van der Waals surface area contributed by atoms with Crippen molar-refractivity contribution in [3.05, 3.63) is 82.4 Å². The molecule has 0 spiro atoms. The number of halogens is 5. The molecule has 1 aliphatic rings. The molecule has 13 heteroatoms. The summed E-state index contributed by atoms with van der Waals surface area (Å²) in [5.41, 5.74) is 5.94. The van der Waals surface area contributed by atoms with Gasteiger partial charge < -0.3 is 20.5 Å². The summed E-state index contributed by atoms with van der Waals surface area (Å²) in [5.74, 6) is -4.62. The quantitative estimate of drug-likeness (QED) is 0.196. The van der Waals surface area contributed by atoms with Crippen LogP contribution in [-0.2, 0) is 10.2 Å². The van der Waals surface area contributed by atoms with E-state index in [1.54, 1.807) is 0 Å². The highest BCUT2D eigenvalue weighted by Gasteiger charge is 2.49. The van der Waals surface area contributed by atoms with Crippen LogP contribution in [0, 0.1) is 19.7 Å². The van der Waals surface area contributed by atoms with E-state index in [1.807, 2.05) is 19.9 Å². The summed E-state index contributed by atoms with van der Waals surface area (Å²) in [4.78, 5) is 34.5. The number of hydrogen-bond donors (Lipinski definition) is 2. The van der Waals surface area contributed by atoms with Gasteiger partial charge in [0.2, 0.25) is 5.91 Å². The first-order chi connectivity index (χ1) is 20.8. The minimum absolute atomic E-state index is 0.0205. The predicted molar refractivity (Wildman–Crippen MR) is 156 cm³/mol. The van der Waals surface area contributed by atoms with Crippen LogP contribution in [0.4, 0.5) is 17.6 Å². The number of aryl methyl sites for hydroxylation is 2. The van der Waals surface area contributed by atoms with Crippen LogP contribution in [-0.4, -0.2) is 54.1 Å². The zero-order chi connectivity index (χ0) is 32.0. The summed E-state index contributed by atoms with van der Waals surface area (Å²) in [7, 11) is 1.40. The lowest BCUT2D eigenvalue weighted by Gasteiger charge is -2.25. The van der Waals surface area contributed by atoms with E-state index in [2.05, 4.69) is 15.3 Å². The Morgan fingerprint density at radius 2 is 1.84 bits per heavy atom. The highest BCUT2D eigenvalue weighted by atomic mass is 35.5. The summed E-state index contributed by atoms with van der Waals surface area (Å²) >= 11 is 6.14. The number of nitrogens with two attached hydrogens (primary N) is 1. The molecule has 2 atom stereocenters. The van der Waals surface area contributed by atoms with E-state index in [0.29, 0.717) is 10.9 Å². The molecule has 2 aromatic carbocycles. The van der Waals surface area contributed by atoms with Crippen molar-refractivity contribution in [2.75, 3.05) is 26.1 Å². The van der Waals surface area contributed by atoms with Gasteiger partial charge in [-0.1, -0.05) is 0 Å². The van der Waals surface area contributed by atoms with Crippen LogP contribution in [0.3, 0.4) is 0 Å². The SMILES string of the molecule is COc1cc(C(=O)NC[C@H](c2cc3c(c(-c4ccc(F)cc4)n2)OC[C@]3(CCl)C(N)=O)C(F)(F)F)cc2cc(C)c(C)nc12. The highest BCUT2D eigenvalue weighted by Crippen LogP contribution is 2.47. The van der Waals surface area contributed by atoms with Gasteiger partial charge in [-0.05, 0) is 67.9 Å². The van der Waals surface area contributed by atoms with Gasteiger partial charge in [0.25, 0.3) is 5.91 Å². The highest BCUT2D eigenvalue weighted by molar-refractivity contribution is 6.21. The molecule has 5 rings (SSSR count). The Balaban J connectivity index is 1.56. The Kier molecular flexibility index (Phi) is 8.15. The molecule has 0 fully saturated rings. The summed E-state index contributed by atoms with van der Waals surface area (Å²) in [6.45, 7) is 2.47. The number of alkyl halides is 4. The molecular formula is C31H27ClF4N4O4. The number of nitrogens with one attached hydrogen (secondary N) is 1. The predicted octanol–water partition coefficient (Wildman–Crippen LogP) is 5.49. The average Bonchev–Trinajstić information content (AvgIpc) is 3.36. The summed E-state index contributed by atoms with van der Waals surface area (Å²) in [5, 5.41) is 2.95. The Morgan fingerprint density at radius 3 is 2.45 bits per heavy atom. The first kappa shape index (κ1) is 31.0. The van der Waals surface area contributed by atoms with Crippen molar-refractivity contribution in [1.82, 2.24) is 15.3 Å². The van der Waals surface area contributed by atoms with Gasteiger partial charge in [0.1, 0.15) is 46.5 Å². The van der Waals surface area contributed by atoms with Gasteiger partial charge in [0.15, 0.2) is 0 Å². The van der Waals surface area contributed by atoms with Crippen molar-refractivity contribution in [3.8, 4) is 22.8 Å². The largest absolute Gasteiger partial charge is 0.494 e. The lowest BCUT2D eigenvalue weighted by atomic mass is 9.82. The molecule has 8 nitrogen and oxygen atoms in total. The maximum absolute atomic E-state index is 14.6. The molecule has 2 amide bonds. The van der Waals surface area contributed by atoms with E-state index < -0.39 is 47.4 Å². The van der Waals surface area contributed by atoms with Crippen LogP contribution < -0.4 is 20.5 Å². The minimum Gasteiger partial charge on any atom is -0.494 e. The van der Waals surface area contributed by atoms with Crippen LogP contribution in [0.25, 0.3) is 22.2 Å². The lowest BCUT2D eigenvalue weighted by molar-refractivity contribution is -0.149. The smallest absolute Gasteiger partial charge is 0.398 e. The first-order valence-electron chi connectivity index (χ1n) is 13.4. The molecule has 0 unspecified atom stereocenters. The van der Waals surface area contributed by atoms with Crippen LogP contribution in [0.5, 0.6) is 11.5 Å². The van der Waals surface area contributed by atoms with E-state index in [4.69, 9.17) is 26.8 Å². The van der Waals surface area contributed by atoms with Crippen LogP contribution >= 0.6 is 11.6 Å². The molecule has 230 valence electrons. The maximum Gasteiger partial charge on any atom is 0.398 e. The number of nitrogens with zero attached hydrogens (tertiary/aromatic N) is 2. The Morgan fingerprint density at radius 1 is 1.14 bits per heavy atom. The Labute approximate surface area is 254 Å². The number of ether oxygens (including phenoxy) is 2. The number of aromatic nitrogens is 2. The molecule has 3 heterocycles. The molecule has 0 radical (unpaired) electrons. The van der Waals surface area contributed by atoms with Crippen molar-refractivity contribution in [1.29, 1.82) is 0 Å². The van der Waals surface area contributed by atoms with E-state index in [-0.39, 0.29) is 46.4 Å². The standard InChI is InChI=1S/C31H27ClF4N4O4/c1-15-8-18-9-19(10-24(43-3)25(18)39-16(15)2)28(41)38-12-22(31(34,35)36)23-11-21-27(44-14-30(21,13-32)29(37)42)26(40-23)17-4-6-20(33)7-5-17/h4-11,22H,12-14H2,1-3H3,(H2,37,42)(H,38,41)/t22-,30+/m1/s1. The molecule has 0 bridgehead atoms. The van der Waals surface area contributed by atoms with E-state index in [9.17, 15) is 27.2 Å². The molecule has 0 saturated heterocycles. The average molecular weight is 631 g/mol. The normalized spacial score (nSPS) is 16.7. The number of carbonyl (C=O) groups excluding carboxylic acids is 2. The number of fused-ring (bicyclic) bond motifs is 2. The van der Waals surface area contributed by atoms with E-state index >= 15 is 0 Å². The fourth-order valence-electron chi connectivity index (χ4n) is 5.11. The summed E-state index contributed by atoms with van der Waals surface area (Å²) < 4.78 is 68.7. The molecule has 0 saturated carbocycles. The Bertz CT molecular complexity index is 1780. The third-order valence-corrected chi connectivity index (χ3v) is 8.27. The molecule has 3 N–H and O–H groups in total. The van der Waals surface area contributed by atoms with E-state index in [0.717, 1.165) is 29.5 Å². The van der Waals surface area contributed by atoms with Crippen molar-refractivity contribution in [2.45, 2.75) is 31.4 Å². The van der Waals surface area contributed by atoms with E-state index in [1.165, 1.54) is 31.4 Å². The first-order valence-corrected chi connectivity index (χ1v) is 13.9. The summed E-state index contributed by atoms with van der Waals surface area (Å²) in [6, 6.07) is 10.7. The molecular weight excluding hydrogens is 604 g/mol. The van der Waals surface area contributed by atoms with Crippen molar-refractivity contribution < 1.29 is 36.6 Å². The maximum atomic E-state index is 14.6. The van der Waals surface area contributed by atoms with Gasteiger partial charge >= 0.3 is 6.18 Å². The van der Waals surface area contributed by atoms with Crippen LogP contribution in [0.1, 0.15) is 38.8 Å². The number of hydrogen-bond acceptors (Lipinski definition) is 6. The van der Waals surface area contributed by atoms with Crippen LogP contribution in [0.15, 0.2) is 48.5 Å². The van der Waals surface area contributed by atoms with Gasteiger partial charge in [0.05, 0.1) is 12.8 Å². The van der Waals surface area contributed by atoms with Crippen molar-refractivity contribution in [3.63, 3.8) is 0 Å². The summed E-state index contributed by atoms with van der Waals surface area (Å²) in [6.07, 6.45) is -4.88. The van der Waals surface area contributed by atoms with Gasteiger partial charge in [-0.2, -0.15) is 13.2 Å². The number of pyridine rings is 2. The number of primary amides is 1. The molecule has 2 aromatic heterocycles. The molecule has 4 aromatic rings. The number of amides is 2. The second-order valence-electron chi connectivity index (χ2n) is 10.6. The number of methoxy groups -OCH3 is 1. The van der Waals surface area contributed by atoms with Gasteiger partial charge in [-0.25, -0.2) is 14.4 Å². The molecule has 1 aliphatic heterocycles. The van der Waals surface area contributed by atoms with Crippen LogP contribution in [0.2, 0.25) is 0 Å². The van der Waals surface area contributed by atoms with Gasteiger partial charge in [0, 0.05) is 40.2 Å². The van der Waals surface area contributed by atoms with Crippen molar-refractivity contribution >= 4 is 34.3 Å². The third-order valence-electron chi connectivity index (χ3n) is 7.82. The number of carbonyl (C=O) groups is 2. The lowest BCUT2D eigenvalue weighted by Crippen LogP contribution is -2.44. The molecule has 44 heavy (non-hydrogen) atoms. The number of benzene rings is 2. The zero-order valence-electron chi connectivity index (χ0n) is 23.8.